The van der Waals surface area contributed by atoms with Gasteiger partial charge in [0.25, 0.3) is 0 Å². The molecule has 0 fully saturated rings. The predicted octanol–water partition coefficient (Wildman–Crippen LogP) is 0.821. The first kappa shape index (κ1) is 8.43. The van der Waals surface area contributed by atoms with E-state index in [1.54, 1.807) is 0 Å². The summed E-state index contributed by atoms with van der Waals surface area (Å²) < 4.78 is 0. The van der Waals surface area contributed by atoms with Gasteiger partial charge in [-0.3, -0.25) is 0 Å². The molecule has 3 nitrogen and oxygen atoms in total. The Balaban J connectivity index is 3.41. The Morgan fingerprint density at radius 3 is 2.78 bits per heavy atom. The third-order valence-corrected chi connectivity index (χ3v) is 1.34. The van der Waals surface area contributed by atoms with E-state index in [1.807, 2.05) is 6.92 Å². The molecule has 1 atom stereocenters. The highest BCUT2D eigenvalue weighted by Crippen LogP contribution is 2.02. The maximum atomic E-state index is 8.12. The van der Waals surface area contributed by atoms with Gasteiger partial charge in [0.15, 0.2) is 0 Å². The topological polar surface area (TPSA) is 58.6 Å². The molecule has 0 aliphatic heterocycles. The van der Waals surface area contributed by atoms with Crippen LogP contribution < -0.4 is 5.73 Å². The Labute approximate surface area is 55.5 Å². The molecule has 0 saturated heterocycles. The van der Waals surface area contributed by atoms with Crippen LogP contribution in [-0.2, 0) is 0 Å². The van der Waals surface area contributed by atoms with Gasteiger partial charge in [0.2, 0.25) is 0 Å². The van der Waals surface area contributed by atoms with E-state index in [0.29, 0.717) is 12.5 Å². The monoisotopic (exact) mass is 130 g/mol. The van der Waals surface area contributed by atoms with Crippen LogP contribution in [0.1, 0.15) is 19.8 Å². The van der Waals surface area contributed by atoms with E-state index in [0.717, 1.165) is 12.8 Å². The fourth-order valence-corrected chi connectivity index (χ4v) is 0.692. The zero-order valence-electron chi connectivity index (χ0n) is 5.75. The third-order valence-electron chi connectivity index (χ3n) is 1.34. The summed E-state index contributed by atoms with van der Waals surface area (Å²) in [7, 11) is 0. The highest BCUT2D eigenvalue weighted by atomic mass is 16.4. The Morgan fingerprint density at radius 2 is 2.44 bits per heavy atom. The van der Waals surface area contributed by atoms with Gasteiger partial charge in [-0.05, 0) is 25.3 Å². The molecule has 0 rings (SSSR count). The Kier molecular flexibility index (Phi) is 5.21. The molecule has 0 amide bonds. The molecule has 1 unspecified atom stereocenters. The number of hydrogen-bond acceptors (Lipinski definition) is 3. The van der Waals surface area contributed by atoms with E-state index in [4.69, 9.17) is 10.9 Å². The Hall–Kier alpha value is -0.570. The second-order valence-corrected chi connectivity index (χ2v) is 2.01. The van der Waals surface area contributed by atoms with Gasteiger partial charge in [0.1, 0.15) is 0 Å². The van der Waals surface area contributed by atoms with E-state index in [-0.39, 0.29) is 0 Å². The smallest absolute Gasteiger partial charge is 0.0467 e. The lowest BCUT2D eigenvalue weighted by atomic mass is 10.1. The molecule has 0 spiro atoms. The molecule has 0 saturated carbocycles. The van der Waals surface area contributed by atoms with Crippen LogP contribution in [-0.4, -0.2) is 18.0 Å². The molecule has 0 bridgehead atoms. The quantitative estimate of drug-likeness (QED) is 0.336. The van der Waals surface area contributed by atoms with Crippen molar-refractivity contribution < 1.29 is 5.21 Å². The zero-order chi connectivity index (χ0) is 7.11. The van der Waals surface area contributed by atoms with Crippen LogP contribution in [0.4, 0.5) is 0 Å². The van der Waals surface area contributed by atoms with Gasteiger partial charge < -0.3 is 10.9 Å². The standard InChI is InChI=1S/C6H14N2O/c1-2-6(3-4-7)5-8-9/h5-6,9H,2-4,7H2,1H3/b8-5+. The summed E-state index contributed by atoms with van der Waals surface area (Å²) in [4.78, 5) is 0. The molecule has 0 aliphatic carbocycles. The van der Waals surface area contributed by atoms with Crippen LogP contribution >= 0.6 is 0 Å². The van der Waals surface area contributed by atoms with Crippen molar-refractivity contribution in [1.82, 2.24) is 0 Å². The molecule has 9 heavy (non-hydrogen) atoms. The van der Waals surface area contributed by atoms with Crippen molar-refractivity contribution in [2.45, 2.75) is 19.8 Å². The minimum Gasteiger partial charge on any atom is -0.411 e. The van der Waals surface area contributed by atoms with Crippen molar-refractivity contribution in [3.05, 3.63) is 0 Å². The molecular formula is C6H14N2O. The van der Waals surface area contributed by atoms with Gasteiger partial charge in [-0.1, -0.05) is 6.92 Å². The van der Waals surface area contributed by atoms with Crippen LogP contribution in [0, 0.1) is 5.92 Å². The molecule has 3 heteroatoms. The van der Waals surface area contributed by atoms with E-state index in [1.165, 1.54) is 6.21 Å². The highest BCUT2D eigenvalue weighted by Gasteiger charge is 1.99. The lowest BCUT2D eigenvalue weighted by Crippen LogP contribution is -2.08. The molecule has 0 aliphatic rings. The van der Waals surface area contributed by atoms with Gasteiger partial charge in [-0.2, -0.15) is 0 Å². The van der Waals surface area contributed by atoms with Gasteiger partial charge in [-0.15, -0.1) is 5.16 Å². The first-order valence-corrected chi connectivity index (χ1v) is 3.22. The van der Waals surface area contributed by atoms with Crippen LogP contribution in [0.25, 0.3) is 0 Å². The Morgan fingerprint density at radius 1 is 1.78 bits per heavy atom. The van der Waals surface area contributed by atoms with E-state index in [2.05, 4.69) is 5.16 Å². The summed E-state index contributed by atoms with van der Waals surface area (Å²) in [5.41, 5.74) is 5.29. The summed E-state index contributed by atoms with van der Waals surface area (Å²) in [6.07, 6.45) is 3.43. The minimum atomic E-state index is 0.347. The minimum absolute atomic E-state index is 0.347. The SMILES string of the molecule is CCC(/C=N/O)CCN. The van der Waals surface area contributed by atoms with E-state index < -0.39 is 0 Å². The summed E-state index contributed by atoms with van der Waals surface area (Å²) in [6.45, 7) is 2.70. The van der Waals surface area contributed by atoms with Gasteiger partial charge in [0.05, 0.1) is 0 Å². The fourth-order valence-electron chi connectivity index (χ4n) is 0.692. The van der Waals surface area contributed by atoms with Gasteiger partial charge >= 0.3 is 0 Å². The largest absolute Gasteiger partial charge is 0.411 e. The first-order chi connectivity index (χ1) is 4.35. The second kappa shape index (κ2) is 5.56. The van der Waals surface area contributed by atoms with Crippen molar-refractivity contribution in [1.29, 1.82) is 0 Å². The van der Waals surface area contributed by atoms with Gasteiger partial charge in [0, 0.05) is 6.21 Å². The third kappa shape index (κ3) is 3.97. The van der Waals surface area contributed by atoms with Crippen molar-refractivity contribution in [3.63, 3.8) is 0 Å². The highest BCUT2D eigenvalue weighted by molar-refractivity contribution is 5.59. The summed E-state index contributed by atoms with van der Waals surface area (Å²) in [5.74, 6) is 0.347. The fraction of sp³-hybridized carbons (Fsp3) is 0.833. The number of nitrogens with two attached hydrogens (primary N) is 1. The second-order valence-electron chi connectivity index (χ2n) is 2.01. The maximum Gasteiger partial charge on any atom is 0.0467 e. The van der Waals surface area contributed by atoms with E-state index >= 15 is 0 Å². The summed E-state index contributed by atoms with van der Waals surface area (Å²) in [6, 6.07) is 0. The maximum absolute atomic E-state index is 8.12. The molecule has 3 N–H and O–H groups in total. The van der Waals surface area contributed by atoms with Crippen molar-refractivity contribution in [2.75, 3.05) is 6.54 Å². The summed E-state index contributed by atoms with van der Waals surface area (Å²) >= 11 is 0. The molecule has 0 aromatic carbocycles. The predicted molar refractivity (Wildman–Crippen MR) is 37.7 cm³/mol. The molecular weight excluding hydrogens is 116 g/mol. The van der Waals surface area contributed by atoms with Crippen molar-refractivity contribution in [2.24, 2.45) is 16.8 Å². The molecule has 54 valence electrons. The van der Waals surface area contributed by atoms with E-state index in [9.17, 15) is 0 Å². The molecule has 0 radical (unpaired) electrons. The normalized spacial score (nSPS) is 14.4. The molecule has 0 aromatic heterocycles. The van der Waals surface area contributed by atoms with Crippen LogP contribution in [0.5, 0.6) is 0 Å². The van der Waals surface area contributed by atoms with Gasteiger partial charge in [-0.25, -0.2) is 0 Å². The number of oxime groups is 1. The number of rotatable bonds is 4. The van der Waals surface area contributed by atoms with Crippen LogP contribution in [0.2, 0.25) is 0 Å². The van der Waals surface area contributed by atoms with Crippen molar-refractivity contribution in [3.8, 4) is 0 Å². The zero-order valence-corrected chi connectivity index (χ0v) is 5.75. The average molecular weight is 130 g/mol. The molecule has 0 heterocycles. The first-order valence-electron chi connectivity index (χ1n) is 3.22. The average Bonchev–Trinajstić information content (AvgIpc) is 1.88. The van der Waals surface area contributed by atoms with Crippen LogP contribution in [0.3, 0.4) is 0 Å². The van der Waals surface area contributed by atoms with Crippen molar-refractivity contribution >= 4 is 6.21 Å². The molecule has 0 aromatic rings. The Bertz CT molecular complexity index is 83.1. The lowest BCUT2D eigenvalue weighted by molar-refractivity contribution is 0.317. The lowest BCUT2D eigenvalue weighted by Gasteiger charge is -2.03. The number of hydrogen-bond donors (Lipinski definition) is 2. The van der Waals surface area contributed by atoms with Crippen LogP contribution in [0.15, 0.2) is 5.16 Å². The summed E-state index contributed by atoms with van der Waals surface area (Å²) in [5, 5.41) is 11.1. The number of nitrogens with zero attached hydrogens (tertiary/aromatic N) is 1.